The van der Waals surface area contributed by atoms with Crippen molar-refractivity contribution in [2.75, 3.05) is 11.9 Å². The largest absolute Gasteiger partial charge is 0.370 e. The molecule has 0 atom stereocenters. The van der Waals surface area contributed by atoms with Gasteiger partial charge in [0, 0.05) is 25.5 Å². The molecule has 0 unspecified atom stereocenters. The quantitative estimate of drug-likeness (QED) is 0.563. The third-order valence-corrected chi connectivity index (χ3v) is 2.18. The fraction of sp³-hybridized carbons (Fsp3) is 0.500. The molecule has 0 radical (unpaired) electrons. The van der Waals surface area contributed by atoms with Gasteiger partial charge < -0.3 is 10.3 Å². The topological polar surface area (TPSA) is 57.8 Å². The average Bonchev–Trinajstić information content (AvgIpc) is 2.28. The third-order valence-electron chi connectivity index (χ3n) is 2.18. The minimum atomic E-state index is -0.113. The summed E-state index contributed by atoms with van der Waals surface area (Å²) in [6, 6.07) is 1.47. The molecule has 2 N–H and O–H groups in total. The van der Waals surface area contributed by atoms with E-state index in [-0.39, 0.29) is 5.56 Å². The smallest absolute Gasteiger partial charge is 0.252 e. The fourth-order valence-electron chi connectivity index (χ4n) is 1.33. The van der Waals surface area contributed by atoms with Gasteiger partial charge in [0.2, 0.25) is 0 Å². The van der Waals surface area contributed by atoms with Crippen LogP contribution in [0.3, 0.4) is 0 Å². The van der Waals surface area contributed by atoms with Crippen molar-refractivity contribution in [3.8, 4) is 12.3 Å². The first-order valence-corrected chi connectivity index (χ1v) is 5.54. The van der Waals surface area contributed by atoms with Gasteiger partial charge in [0.1, 0.15) is 11.6 Å². The lowest BCUT2D eigenvalue weighted by Gasteiger charge is -2.05. The molecule has 0 amide bonds. The van der Waals surface area contributed by atoms with Crippen molar-refractivity contribution in [3.63, 3.8) is 0 Å². The molecule has 1 aromatic rings. The lowest BCUT2D eigenvalue weighted by molar-refractivity contribution is 0.784. The molecule has 0 fully saturated rings. The summed E-state index contributed by atoms with van der Waals surface area (Å²) in [4.78, 5) is 18.2. The van der Waals surface area contributed by atoms with Crippen molar-refractivity contribution in [3.05, 3.63) is 22.2 Å². The number of H-pyrrole nitrogens is 1. The van der Waals surface area contributed by atoms with Gasteiger partial charge in [-0.15, -0.1) is 12.3 Å². The molecular formula is C12H17N3O. The average molecular weight is 219 g/mol. The number of nitrogens with one attached hydrogen (secondary N) is 2. The SMILES string of the molecule is C#CCCCCNc1cc(=O)[nH]c(CC)n1. The van der Waals surface area contributed by atoms with E-state index >= 15 is 0 Å². The van der Waals surface area contributed by atoms with Crippen molar-refractivity contribution < 1.29 is 0 Å². The predicted molar refractivity (Wildman–Crippen MR) is 65.4 cm³/mol. The Kier molecular flexibility index (Phi) is 5.13. The first kappa shape index (κ1) is 12.3. The normalized spacial score (nSPS) is 9.75. The summed E-state index contributed by atoms with van der Waals surface area (Å²) in [6.45, 7) is 2.75. The highest BCUT2D eigenvalue weighted by molar-refractivity contribution is 5.32. The lowest BCUT2D eigenvalue weighted by atomic mass is 10.2. The van der Waals surface area contributed by atoms with E-state index in [1.807, 2.05) is 6.92 Å². The molecule has 1 heterocycles. The number of rotatable bonds is 6. The lowest BCUT2D eigenvalue weighted by Crippen LogP contribution is -2.13. The van der Waals surface area contributed by atoms with Gasteiger partial charge in [-0.05, 0) is 12.8 Å². The summed E-state index contributed by atoms with van der Waals surface area (Å²) in [7, 11) is 0. The van der Waals surface area contributed by atoms with Crippen LogP contribution in [0.1, 0.15) is 32.0 Å². The van der Waals surface area contributed by atoms with Gasteiger partial charge in [-0.2, -0.15) is 0 Å². The van der Waals surface area contributed by atoms with Gasteiger partial charge in [-0.25, -0.2) is 4.98 Å². The van der Waals surface area contributed by atoms with Crippen LogP contribution in [0.4, 0.5) is 5.82 Å². The number of hydrogen-bond donors (Lipinski definition) is 2. The maximum absolute atomic E-state index is 11.2. The number of aromatic nitrogens is 2. The molecule has 86 valence electrons. The molecule has 0 aromatic carbocycles. The molecule has 4 heteroatoms. The highest BCUT2D eigenvalue weighted by Gasteiger charge is 1.98. The van der Waals surface area contributed by atoms with E-state index in [1.54, 1.807) is 0 Å². The summed E-state index contributed by atoms with van der Waals surface area (Å²) >= 11 is 0. The molecule has 16 heavy (non-hydrogen) atoms. The standard InChI is InChI=1S/C12H17N3O/c1-3-5-6-7-8-13-11-9-12(16)15-10(4-2)14-11/h1,9H,4-8H2,2H3,(H2,13,14,15,16). The molecule has 0 aliphatic carbocycles. The van der Waals surface area contributed by atoms with Crippen molar-refractivity contribution in [2.45, 2.75) is 32.6 Å². The highest BCUT2D eigenvalue weighted by Crippen LogP contribution is 2.01. The Labute approximate surface area is 95.5 Å². The van der Waals surface area contributed by atoms with E-state index in [1.165, 1.54) is 6.07 Å². The Morgan fingerprint density at radius 1 is 1.56 bits per heavy atom. The molecule has 1 rings (SSSR count). The van der Waals surface area contributed by atoms with Gasteiger partial charge in [0.25, 0.3) is 5.56 Å². The second kappa shape index (κ2) is 6.67. The van der Waals surface area contributed by atoms with Crippen molar-refractivity contribution in [2.24, 2.45) is 0 Å². The van der Waals surface area contributed by atoms with Gasteiger partial charge in [-0.3, -0.25) is 4.79 Å². The van der Waals surface area contributed by atoms with Crippen LogP contribution in [0.15, 0.2) is 10.9 Å². The number of unbranched alkanes of at least 4 members (excludes halogenated alkanes) is 2. The van der Waals surface area contributed by atoms with Crippen LogP contribution in [0.25, 0.3) is 0 Å². The summed E-state index contributed by atoms with van der Waals surface area (Å²) < 4.78 is 0. The summed E-state index contributed by atoms with van der Waals surface area (Å²) in [6.07, 6.45) is 8.65. The van der Waals surface area contributed by atoms with Crippen LogP contribution in [-0.4, -0.2) is 16.5 Å². The number of terminal acetylenes is 1. The number of nitrogens with zero attached hydrogens (tertiary/aromatic N) is 1. The summed E-state index contributed by atoms with van der Waals surface area (Å²) in [5.74, 6) is 3.94. The molecule has 0 saturated heterocycles. The van der Waals surface area contributed by atoms with Crippen LogP contribution in [-0.2, 0) is 6.42 Å². The summed E-state index contributed by atoms with van der Waals surface area (Å²) in [5.41, 5.74) is -0.113. The number of aryl methyl sites for hydroxylation is 1. The number of anilines is 1. The fourth-order valence-corrected chi connectivity index (χ4v) is 1.33. The monoisotopic (exact) mass is 219 g/mol. The first-order valence-electron chi connectivity index (χ1n) is 5.54. The third kappa shape index (κ3) is 4.18. The number of hydrogen-bond acceptors (Lipinski definition) is 3. The van der Waals surface area contributed by atoms with E-state index in [4.69, 9.17) is 6.42 Å². The number of aromatic amines is 1. The van der Waals surface area contributed by atoms with Crippen LogP contribution in [0, 0.1) is 12.3 Å². The van der Waals surface area contributed by atoms with E-state index in [9.17, 15) is 4.79 Å². The van der Waals surface area contributed by atoms with E-state index in [0.29, 0.717) is 11.6 Å². The second-order valence-electron chi connectivity index (χ2n) is 3.52. The molecule has 4 nitrogen and oxygen atoms in total. The van der Waals surface area contributed by atoms with Crippen molar-refractivity contribution >= 4 is 5.82 Å². The molecule has 1 aromatic heterocycles. The van der Waals surface area contributed by atoms with Gasteiger partial charge in [0.15, 0.2) is 0 Å². The zero-order valence-electron chi connectivity index (χ0n) is 9.55. The Hall–Kier alpha value is -1.76. The summed E-state index contributed by atoms with van der Waals surface area (Å²) in [5, 5.41) is 3.12. The molecule has 0 spiro atoms. The minimum absolute atomic E-state index is 0.113. The highest BCUT2D eigenvalue weighted by atomic mass is 16.1. The first-order chi connectivity index (χ1) is 7.76. The predicted octanol–water partition coefficient (Wildman–Crippen LogP) is 1.55. The molecule has 0 aliphatic heterocycles. The van der Waals surface area contributed by atoms with E-state index < -0.39 is 0 Å². The van der Waals surface area contributed by atoms with Gasteiger partial charge in [0.05, 0.1) is 0 Å². The van der Waals surface area contributed by atoms with Gasteiger partial charge in [-0.1, -0.05) is 6.92 Å². The zero-order valence-corrected chi connectivity index (χ0v) is 9.55. The Morgan fingerprint density at radius 3 is 3.06 bits per heavy atom. The molecule has 0 aliphatic rings. The Balaban J connectivity index is 2.45. The van der Waals surface area contributed by atoms with Crippen molar-refractivity contribution in [1.82, 2.24) is 9.97 Å². The van der Waals surface area contributed by atoms with E-state index in [2.05, 4.69) is 21.2 Å². The Bertz CT molecular complexity index is 417. The molecular weight excluding hydrogens is 202 g/mol. The maximum atomic E-state index is 11.2. The minimum Gasteiger partial charge on any atom is -0.370 e. The van der Waals surface area contributed by atoms with Gasteiger partial charge >= 0.3 is 0 Å². The van der Waals surface area contributed by atoms with E-state index in [0.717, 1.165) is 32.2 Å². The molecule has 0 bridgehead atoms. The van der Waals surface area contributed by atoms with Crippen LogP contribution < -0.4 is 10.9 Å². The second-order valence-corrected chi connectivity index (χ2v) is 3.52. The zero-order chi connectivity index (χ0) is 11.8. The van der Waals surface area contributed by atoms with Crippen LogP contribution in [0.5, 0.6) is 0 Å². The van der Waals surface area contributed by atoms with Crippen LogP contribution >= 0.6 is 0 Å². The van der Waals surface area contributed by atoms with Crippen molar-refractivity contribution in [1.29, 1.82) is 0 Å². The Morgan fingerprint density at radius 2 is 2.38 bits per heavy atom. The van der Waals surface area contributed by atoms with Crippen LogP contribution in [0.2, 0.25) is 0 Å². The maximum Gasteiger partial charge on any atom is 0.252 e. The molecule has 0 saturated carbocycles.